The topological polar surface area (TPSA) is 3.24 Å². The fourth-order valence-electron chi connectivity index (χ4n) is 2.70. The van der Waals surface area contributed by atoms with Crippen molar-refractivity contribution < 1.29 is 0 Å². The minimum absolute atomic E-state index is 0.474. The van der Waals surface area contributed by atoms with E-state index in [4.69, 9.17) is 0 Å². The summed E-state index contributed by atoms with van der Waals surface area (Å²) < 4.78 is 0. The SMILES string of the molecule is CCCC(CBr)(CCC)CN(C)C(C)C(C)C. The van der Waals surface area contributed by atoms with Crippen LogP contribution in [0.3, 0.4) is 0 Å². The molecule has 0 amide bonds. The van der Waals surface area contributed by atoms with Gasteiger partial charge in [0.2, 0.25) is 0 Å². The fraction of sp³-hybridized carbons (Fsp3) is 1.00. The van der Waals surface area contributed by atoms with Crippen LogP contribution in [0, 0.1) is 11.3 Å². The first-order chi connectivity index (χ1) is 7.92. The van der Waals surface area contributed by atoms with Crippen molar-refractivity contribution in [2.24, 2.45) is 11.3 Å². The van der Waals surface area contributed by atoms with E-state index < -0.39 is 0 Å². The van der Waals surface area contributed by atoms with E-state index in [1.807, 2.05) is 0 Å². The van der Waals surface area contributed by atoms with Crippen molar-refractivity contribution in [1.82, 2.24) is 4.90 Å². The van der Waals surface area contributed by atoms with Gasteiger partial charge in [-0.25, -0.2) is 0 Å². The Morgan fingerprint density at radius 1 is 1.06 bits per heavy atom. The molecule has 0 N–H and O–H groups in total. The van der Waals surface area contributed by atoms with Crippen LogP contribution in [0.15, 0.2) is 0 Å². The van der Waals surface area contributed by atoms with Crippen molar-refractivity contribution in [3.8, 4) is 0 Å². The molecular weight excluding hydrogens is 274 g/mol. The predicted molar refractivity (Wildman–Crippen MR) is 83.0 cm³/mol. The summed E-state index contributed by atoms with van der Waals surface area (Å²) in [5, 5.41) is 1.14. The summed E-state index contributed by atoms with van der Waals surface area (Å²) in [5.41, 5.74) is 0.474. The maximum absolute atomic E-state index is 3.76. The van der Waals surface area contributed by atoms with E-state index in [0.717, 1.165) is 11.2 Å². The molecule has 0 rings (SSSR count). The molecule has 1 nitrogen and oxygen atoms in total. The highest BCUT2D eigenvalue weighted by Crippen LogP contribution is 2.33. The summed E-state index contributed by atoms with van der Waals surface area (Å²) in [7, 11) is 2.29. The Bertz CT molecular complexity index is 185. The van der Waals surface area contributed by atoms with Crippen LogP contribution in [0.4, 0.5) is 0 Å². The molecule has 0 aliphatic heterocycles. The van der Waals surface area contributed by atoms with Gasteiger partial charge in [-0.05, 0) is 38.1 Å². The first-order valence-electron chi connectivity index (χ1n) is 7.18. The molecule has 0 bridgehead atoms. The molecule has 0 aromatic heterocycles. The summed E-state index contributed by atoms with van der Waals surface area (Å²) in [6.45, 7) is 12.8. The van der Waals surface area contributed by atoms with E-state index in [0.29, 0.717) is 11.5 Å². The molecule has 17 heavy (non-hydrogen) atoms. The third kappa shape index (κ3) is 5.74. The maximum atomic E-state index is 3.76. The van der Waals surface area contributed by atoms with Crippen molar-refractivity contribution in [2.45, 2.75) is 66.3 Å². The van der Waals surface area contributed by atoms with Gasteiger partial charge in [-0.3, -0.25) is 0 Å². The van der Waals surface area contributed by atoms with Crippen LogP contribution in [-0.4, -0.2) is 29.9 Å². The molecule has 1 atom stereocenters. The Morgan fingerprint density at radius 3 is 1.82 bits per heavy atom. The van der Waals surface area contributed by atoms with E-state index >= 15 is 0 Å². The van der Waals surface area contributed by atoms with Gasteiger partial charge in [-0.2, -0.15) is 0 Å². The van der Waals surface area contributed by atoms with Gasteiger partial charge >= 0.3 is 0 Å². The number of hydrogen-bond acceptors (Lipinski definition) is 1. The average molecular weight is 306 g/mol. The third-order valence-corrected chi connectivity index (χ3v) is 5.28. The molecule has 0 fully saturated rings. The third-order valence-electron chi connectivity index (χ3n) is 4.09. The molecule has 0 aromatic carbocycles. The van der Waals surface area contributed by atoms with Crippen LogP contribution in [0.25, 0.3) is 0 Å². The standard InChI is InChI=1S/C15H32BrN/c1-7-9-15(11-16,10-8-2)12-17(6)14(5)13(3)4/h13-14H,7-12H2,1-6H3. The lowest BCUT2D eigenvalue weighted by Gasteiger charge is -2.39. The zero-order valence-corrected chi connectivity index (χ0v) is 14.3. The lowest BCUT2D eigenvalue weighted by atomic mass is 9.80. The van der Waals surface area contributed by atoms with Gasteiger partial charge in [0.05, 0.1) is 0 Å². The quantitative estimate of drug-likeness (QED) is 0.545. The lowest BCUT2D eigenvalue weighted by molar-refractivity contribution is 0.119. The molecule has 0 aliphatic carbocycles. The molecule has 104 valence electrons. The minimum atomic E-state index is 0.474. The van der Waals surface area contributed by atoms with Gasteiger partial charge < -0.3 is 4.90 Å². The molecule has 0 heterocycles. The Morgan fingerprint density at radius 2 is 1.53 bits per heavy atom. The molecular formula is C15H32BrN. The highest BCUT2D eigenvalue weighted by atomic mass is 79.9. The Hall–Kier alpha value is 0.440. The van der Waals surface area contributed by atoms with Crippen LogP contribution in [0.5, 0.6) is 0 Å². The number of alkyl halides is 1. The summed E-state index contributed by atoms with van der Waals surface area (Å²) in [4.78, 5) is 2.55. The second-order valence-electron chi connectivity index (χ2n) is 6.03. The summed E-state index contributed by atoms with van der Waals surface area (Å²) in [5.74, 6) is 0.733. The number of rotatable bonds is 9. The van der Waals surface area contributed by atoms with Crippen molar-refractivity contribution in [3.63, 3.8) is 0 Å². The number of halogens is 1. The molecule has 0 saturated heterocycles. The van der Waals surface area contributed by atoms with Crippen LogP contribution in [0.1, 0.15) is 60.3 Å². The number of hydrogen-bond donors (Lipinski definition) is 0. The summed E-state index contributed by atoms with van der Waals surface area (Å²) in [6, 6.07) is 0.669. The van der Waals surface area contributed by atoms with Gasteiger partial charge in [0.25, 0.3) is 0 Å². The van der Waals surface area contributed by atoms with Crippen molar-refractivity contribution >= 4 is 15.9 Å². The van der Waals surface area contributed by atoms with Gasteiger partial charge in [0.15, 0.2) is 0 Å². The van der Waals surface area contributed by atoms with Crippen LogP contribution in [0.2, 0.25) is 0 Å². The second-order valence-corrected chi connectivity index (χ2v) is 6.59. The normalized spacial score (nSPS) is 14.6. The highest BCUT2D eigenvalue weighted by Gasteiger charge is 2.30. The Labute approximate surface area is 117 Å². The Kier molecular flexibility index (Phi) is 8.75. The van der Waals surface area contributed by atoms with E-state index in [-0.39, 0.29) is 0 Å². The first kappa shape index (κ1) is 17.4. The second kappa shape index (κ2) is 8.53. The zero-order valence-electron chi connectivity index (χ0n) is 12.7. The van der Waals surface area contributed by atoms with Crippen LogP contribution >= 0.6 is 15.9 Å². The van der Waals surface area contributed by atoms with Gasteiger partial charge in [-0.15, -0.1) is 0 Å². The van der Waals surface area contributed by atoms with E-state index in [1.165, 1.54) is 32.2 Å². The molecule has 0 saturated carbocycles. The molecule has 0 aliphatic rings. The van der Waals surface area contributed by atoms with E-state index in [2.05, 4.69) is 62.5 Å². The maximum Gasteiger partial charge on any atom is 0.0100 e. The predicted octanol–water partition coefficient (Wildman–Crippen LogP) is 4.94. The molecule has 2 heteroatoms. The molecule has 0 aromatic rings. The lowest BCUT2D eigenvalue weighted by Crippen LogP contribution is -2.43. The first-order valence-corrected chi connectivity index (χ1v) is 8.30. The zero-order chi connectivity index (χ0) is 13.5. The minimum Gasteiger partial charge on any atom is -0.303 e. The molecule has 1 unspecified atom stereocenters. The van der Waals surface area contributed by atoms with Gasteiger partial charge in [0, 0.05) is 17.9 Å². The number of nitrogens with zero attached hydrogens (tertiary/aromatic N) is 1. The summed E-state index contributed by atoms with van der Waals surface area (Å²) in [6.07, 6.45) is 5.24. The average Bonchev–Trinajstić information content (AvgIpc) is 2.28. The van der Waals surface area contributed by atoms with Gasteiger partial charge in [-0.1, -0.05) is 56.5 Å². The molecule has 0 spiro atoms. The molecule has 0 radical (unpaired) electrons. The highest BCUT2D eigenvalue weighted by molar-refractivity contribution is 9.09. The summed E-state index contributed by atoms with van der Waals surface area (Å²) >= 11 is 3.76. The fourth-order valence-corrected chi connectivity index (χ4v) is 3.44. The van der Waals surface area contributed by atoms with E-state index in [1.54, 1.807) is 0 Å². The van der Waals surface area contributed by atoms with Crippen LogP contribution < -0.4 is 0 Å². The van der Waals surface area contributed by atoms with Crippen molar-refractivity contribution in [2.75, 3.05) is 18.9 Å². The van der Waals surface area contributed by atoms with Gasteiger partial charge in [0.1, 0.15) is 0 Å². The smallest absolute Gasteiger partial charge is 0.0100 e. The van der Waals surface area contributed by atoms with Crippen LogP contribution in [-0.2, 0) is 0 Å². The van der Waals surface area contributed by atoms with E-state index in [9.17, 15) is 0 Å². The largest absolute Gasteiger partial charge is 0.303 e. The van der Waals surface area contributed by atoms with Crippen molar-refractivity contribution in [3.05, 3.63) is 0 Å². The monoisotopic (exact) mass is 305 g/mol. The van der Waals surface area contributed by atoms with Crippen molar-refractivity contribution in [1.29, 1.82) is 0 Å². The Balaban J connectivity index is 4.60.